The van der Waals surface area contributed by atoms with Gasteiger partial charge in [-0.1, -0.05) is 49.6 Å². The van der Waals surface area contributed by atoms with Crippen LogP contribution in [0.4, 0.5) is 0 Å². The zero-order valence-corrected chi connectivity index (χ0v) is 13.8. The van der Waals surface area contributed by atoms with Crippen molar-refractivity contribution >= 4 is 28.4 Å². The quantitative estimate of drug-likeness (QED) is 0.764. The van der Waals surface area contributed by atoms with Crippen molar-refractivity contribution in [1.29, 1.82) is 0 Å². The topological polar surface area (TPSA) is 20.3 Å². The van der Waals surface area contributed by atoms with Crippen LogP contribution in [0, 0.1) is 0 Å². The molecule has 1 amide bonds. The first-order valence-corrected chi connectivity index (χ1v) is 9.21. The molecule has 0 aromatic heterocycles. The van der Waals surface area contributed by atoms with Gasteiger partial charge in [-0.15, -0.1) is 11.8 Å². The molecule has 1 saturated heterocycles. The molecule has 3 heteroatoms. The molecule has 0 aliphatic carbocycles. The maximum Gasteiger partial charge on any atom is 0.232 e. The Kier molecular flexibility index (Phi) is 5.38. The van der Waals surface area contributed by atoms with Gasteiger partial charge in [0.25, 0.3) is 0 Å². The van der Waals surface area contributed by atoms with Gasteiger partial charge in [0.1, 0.15) is 0 Å². The molecular weight excluding hydrogens is 290 g/mol. The van der Waals surface area contributed by atoms with Gasteiger partial charge >= 0.3 is 0 Å². The lowest BCUT2D eigenvalue weighted by Crippen LogP contribution is -2.35. The molecule has 2 aromatic carbocycles. The number of thioether (sulfide) groups is 1. The Bertz CT molecular complexity index is 632. The van der Waals surface area contributed by atoms with Gasteiger partial charge in [0, 0.05) is 18.0 Å². The average molecular weight is 313 g/mol. The number of benzene rings is 2. The number of carbonyl (C=O) groups is 1. The summed E-state index contributed by atoms with van der Waals surface area (Å²) in [4.78, 5) is 15.6. The number of likely N-dealkylation sites (tertiary alicyclic amines) is 1. The standard InChI is InChI=1S/C19H23NOS/c21-19(20-12-6-2-1-3-7-13-20)15-22-18-11-10-16-8-4-5-9-17(16)14-18/h4-5,8-11,14H,1-3,6-7,12-13,15H2. The van der Waals surface area contributed by atoms with Crippen molar-refractivity contribution in [3.05, 3.63) is 42.5 Å². The smallest absolute Gasteiger partial charge is 0.232 e. The minimum atomic E-state index is 0.292. The van der Waals surface area contributed by atoms with E-state index in [-0.39, 0.29) is 0 Å². The van der Waals surface area contributed by atoms with Crippen LogP contribution in [-0.4, -0.2) is 29.6 Å². The second kappa shape index (κ2) is 7.68. The van der Waals surface area contributed by atoms with E-state index in [1.54, 1.807) is 11.8 Å². The lowest BCUT2D eigenvalue weighted by Gasteiger charge is -2.24. The SMILES string of the molecule is O=C(CSc1ccc2ccccc2c1)N1CCCCCCC1. The molecule has 1 heterocycles. The van der Waals surface area contributed by atoms with Crippen molar-refractivity contribution in [1.82, 2.24) is 4.90 Å². The van der Waals surface area contributed by atoms with Crippen LogP contribution in [0.15, 0.2) is 47.4 Å². The first-order valence-electron chi connectivity index (χ1n) is 8.22. The fourth-order valence-corrected chi connectivity index (χ4v) is 3.84. The number of nitrogens with zero attached hydrogens (tertiary/aromatic N) is 1. The van der Waals surface area contributed by atoms with Crippen molar-refractivity contribution in [3.63, 3.8) is 0 Å². The summed E-state index contributed by atoms with van der Waals surface area (Å²) in [5, 5.41) is 2.49. The molecule has 116 valence electrons. The molecule has 0 N–H and O–H groups in total. The summed E-state index contributed by atoms with van der Waals surface area (Å²) in [6.07, 6.45) is 6.18. The van der Waals surface area contributed by atoms with E-state index in [4.69, 9.17) is 0 Å². The van der Waals surface area contributed by atoms with E-state index in [1.807, 2.05) is 0 Å². The van der Waals surface area contributed by atoms with E-state index >= 15 is 0 Å². The predicted octanol–water partition coefficient (Wildman–Crippen LogP) is 4.72. The monoisotopic (exact) mass is 313 g/mol. The van der Waals surface area contributed by atoms with Gasteiger partial charge in [-0.2, -0.15) is 0 Å². The Balaban J connectivity index is 1.59. The minimum Gasteiger partial charge on any atom is -0.342 e. The normalized spacial score (nSPS) is 16.3. The molecule has 0 atom stereocenters. The molecular formula is C19H23NOS. The third-order valence-corrected chi connectivity index (χ3v) is 5.27. The maximum absolute atomic E-state index is 12.4. The fraction of sp³-hybridized carbons (Fsp3) is 0.421. The second-order valence-corrected chi connectivity index (χ2v) is 6.99. The molecule has 2 aromatic rings. The summed E-state index contributed by atoms with van der Waals surface area (Å²) < 4.78 is 0. The second-order valence-electron chi connectivity index (χ2n) is 5.95. The fourth-order valence-electron chi connectivity index (χ4n) is 2.99. The van der Waals surface area contributed by atoms with Gasteiger partial charge in [-0.3, -0.25) is 4.79 Å². The Hall–Kier alpha value is -1.48. The molecule has 2 nitrogen and oxygen atoms in total. The predicted molar refractivity (Wildman–Crippen MR) is 94.3 cm³/mol. The van der Waals surface area contributed by atoms with Crippen LogP contribution >= 0.6 is 11.8 Å². The van der Waals surface area contributed by atoms with Crippen LogP contribution in [0.25, 0.3) is 10.8 Å². The van der Waals surface area contributed by atoms with Gasteiger partial charge in [-0.25, -0.2) is 0 Å². The van der Waals surface area contributed by atoms with E-state index in [9.17, 15) is 4.79 Å². The van der Waals surface area contributed by atoms with E-state index in [1.165, 1.54) is 34.9 Å². The summed E-state index contributed by atoms with van der Waals surface area (Å²) in [5.74, 6) is 0.846. The number of rotatable bonds is 3. The molecule has 0 spiro atoms. The number of carbonyl (C=O) groups excluding carboxylic acids is 1. The molecule has 1 aliphatic rings. The third kappa shape index (κ3) is 4.04. The molecule has 1 aliphatic heterocycles. The summed E-state index contributed by atoms with van der Waals surface area (Å²) >= 11 is 1.66. The number of hydrogen-bond acceptors (Lipinski definition) is 2. The molecule has 0 unspecified atom stereocenters. The average Bonchev–Trinajstić information content (AvgIpc) is 2.52. The molecule has 0 saturated carbocycles. The zero-order chi connectivity index (χ0) is 15.2. The third-order valence-electron chi connectivity index (χ3n) is 4.29. The summed E-state index contributed by atoms with van der Waals surface area (Å²) in [7, 11) is 0. The van der Waals surface area contributed by atoms with Crippen molar-refractivity contribution < 1.29 is 4.79 Å². The van der Waals surface area contributed by atoms with Crippen LogP contribution < -0.4 is 0 Å². The van der Waals surface area contributed by atoms with E-state index in [0.29, 0.717) is 11.7 Å². The van der Waals surface area contributed by atoms with Gasteiger partial charge in [0.05, 0.1) is 5.75 Å². The largest absolute Gasteiger partial charge is 0.342 e. The Labute approximate surface area is 136 Å². The molecule has 22 heavy (non-hydrogen) atoms. The highest BCUT2D eigenvalue weighted by molar-refractivity contribution is 8.00. The lowest BCUT2D eigenvalue weighted by molar-refractivity contribution is -0.128. The highest BCUT2D eigenvalue weighted by Crippen LogP contribution is 2.24. The molecule has 1 fully saturated rings. The highest BCUT2D eigenvalue weighted by atomic mass is 32.2. The van der Waals surface area contributed by atoms with Crippen molar-refractivity contribution in [2.45, 2.75) is 37.0 Å². The van der Waals surface area contributed by atoms with Crippen LogP contribution in [0.3, 0.4) is 0 Å². The highest BCUT2D eigenvalue weighted by Gasteiger charge is 2.14. The van der Waals surface area contributed by atoms with Crippen molar-refractivity contribution in [3.8, 4) is 0 Å². The van der Waals surface area contributed by atoms with Gasteiger partial charge in [-0.05, 0) is 35.7 Å². The summed E-state index contributed by atoms with van der Waals surface area (Å²) in [6, 6.07) is 14.8. The van der Waals surface area contributed by atoms with Crippen LogP contribution in [0.2, 0.25) is 0 Å². The van der Waals surface area contributed by atoms with Crippen LogP contribution in [-0.2, 0) is 4.79 Å². The number of amides is 1. The van der Waals surface area contributed by atoms with Gasteiger partial charge < -0.3 is 4.90 Å². The lowest BCUT2D eigenvalue weighted by atomic mass is 10.1. The number of hydrogen-bond donors (Lipinski definition) is 0. The minimum absolute atomic E-state index is 0.292. The first kappa shape index (κ1) is 15.4. The number of fused-ring (bicyclic) bond motifs is 1. The zero-order valence-electron chi connectivity index (χ0n) is 13.0. The molecule has 3 rings (SSSR count). The van der Waals surface area contributed by atoms with Crippen LogP contribution in [0.5, 0.6) is 0 Å². The van der Waals surface area contributed by atoms with Crippen LogP contribution in [0.1, 0.15) is 32.1 Å². The van der Waals surface area contributed by atoms with Gasteiger partial charge in [0.15, 0.2) is 0 Å². The Morgan fingerprint density at radius 2 is 1.59 bits per heavy atom. The molecule has 0 radical (unpaired) electrons. The Morgan fingerprint density at radius 1 is 0.909 bits per heavy atom. The molecule has 0 bridgehead atoms. The maximum atomic E-state index is 12.4. The van der Waals surface area contributed by atoms with Gasteiger partial charge in [0.2, 0.25) is 5.91 Å². The van der Waals surface area contributed by atoms with E-state index in [0.717, 1.165) is 25.9 Å². The summed E-state index contributed by atoms with van der Waals surface area (Å²) in [6.45, 7) is 1.88. The van der Waals surface area contributed by atoms with Crippen molar-refractivity contribution in [2.75, 3.05) is 18.8 Å². The van der Waals surface area contributed by atoms with Crippen molar-refractivity contribution in [2.24, 2.45) is 0 Å². The first-order chi connectivity index (χ1) is 10.8. The van der Waals surface area contributed by atoms with E-state index in [2.05, 4.69) is 47.4 Å². The summed E-state index contributed by atoms with van der Waals surface area (Å²) in [5.41, 5.74) is 0. The Morgan fingerprint density at radius 3 is 2.36 bits per heavy atom. The van der Waals surface area contributed by atoms with E-state index < -0.39 is 0 Å².